The molecule has 1 aromatic carbocycles. The fourth-order valence-electron chi connectivity index (χ4n) is 1.49. The number of amides is 1. The molecule has 110 valence electrons. The van der Waals surface area contributed by atoms with Crippen LogP contribution in [0.25, 0.3) is 0 Å². The Kier molecular flexibility index (Phi) is 4.92. The van der Waals surface area contributed by atoms with Crippen LogP contribution >= 0.6 is 23.4 Å². The Morgan fingerprint density at radius 1 is 1.57 bits per heavy atom. The molecule has 1 fully saturated rings. The van der Waals surface area contributed by atoms with Crippen molar-refractivity contribution < 1.29 is 19.1 Å². The standard InChI is InChI=1S/C12H9ClFN3O3S/c13-7-2-1-6(3-8(7)14)5-15-17-12-16-11(20)9(21-12)4-10(18)19/h1-3,5,9H,4H2,(H,18,19)(H,16,17,20). The molecule has 0 aromatic heterocycles. The summed E-state index contributed by atoms with van der Waals surface area (Å²) in [6.45, 7) is 0. The van der Waals surface area contributed by atoms with Crippen LogP contribution in [0, 0.1) is 5.82 Å². The highest BCUT2D eigenvalue weighted by Crippen LogP contribution is 2.22. The Morgan fingerprint density at radius 3 is 3.00 bits per heavy atom. The third-order valence-corrected chi connectivity index (χ3v) is 3.81. The number of hydrogen-bond donors (Lipinski definition) is 2. The van der Waals surface area contributed by atoms with Crippen molar-refractivity contribution >= 4 is 46.6 Å². The molecule has 1 heterocycles. The first-order valence-corrected chi connectivity index (χ1v) is 6.97. The lowest BCUT2D eigenvalue weighted by molar-refractivity contribution is -0.138. The van der Waals surface area contributed by atoms with E-state index in [0.717, 1.165) is 11.8 Å². The Bertz CT molecular complexity index is 651. The average molecular weight is 330 g/mol. The fourth-order valence-corrected chi connectivity index (χ4v) is 2.52. The monoisotopic (exact) mass is 329 g/mol. The molecule has 0 radical (unpaired) electrons. The van der Waals surface area contributed by atoms with Crippen LogP contribution in [0.5, 0.6) is 0 Å². The molecule has 1 aliphatic heterocycles. The zero-order chi connectivity index (χ0) is 15.4. The molecule has 1 aliphatic rings. The number of amidine groups is 1. The van der Waals surface area contributed by atoms with Gasteiger partial charge in [0.25, 0.3) is 0 Å². The third-order valence-electron chi connectivity index (χ3n) is 2.44. The molecule has 9 heteroatoms. The van der Waals surface area contributed by atoms with E-state index in [2.05, 4.69) is 15.5 Å². The molecule has 0 aliphatic carbocycles. The summed E-state index contributed by atoms with van der Waals surface area (Å²) >= 11 is 6.53. The van der Waals surface area contributed by atoms with Crippen molar-refractivity contribution in [2.75, 3.05) is 0 Å². The van der Waals surface area contributed by atoms with E-state index < -0.39 is 22.9 Å². The first-order valence-electron chi connectivity index (χ1n) is 5.71. The van der Waals surface area contributed by atoms with Crippen LogP contribution in [0.2, 0.25) is 5.02 Å². The van der Waals surface area contributed by atoms with Crippen molar-refractivity contribution in [3.05, 3.63) is 34.6 Å². The van der Waals surface area contributed by atoms with Gasteiger partial charge < -0.3 is 10.4 Å². The van der Waals surface area contributed by atoms with Crippen LogP contribution in [-0.2, 0) is 9.59 Å². The van der Waals surface area contributed by atoms with Gasteiger partial charge in [-0.05, 0) is 17.7 Å². The maximum Gasteiger partial charge on any atom is 0.305 e. The number of carbonyl (C=O) groups is 2. The van der Waals surface area contributed by atoms with Gasteiger partial charge in [0, 0.05) is 0 Å². The van der Waals surface area contributed by atoms with Crippen LogP contribution < -0.4 is 5.32 Å². The van der Waals surface area contributed by atoms with Gasteiger partial charge in [-0.15, -0.1) is 5.10 Å². The van der Waals surface area contributed by atoms with Crippen LogP contribution in [0.1, 0.15) is 12.0 Å². The molecular formula is C12H9ClFN3O3S. The molecule has 1 aromatic rings. The van der Waals surface area contributed by atoms with E-state index in [9.17, 15) is 14.0 Å². The van der Waals surface area contributed by atoms with Crippen molar-refractivity contribution in [2.45, 2.75) is 11.7 Å². The lowest BCUT2D eigenvalue weighted by Gasteiger charge is -1.97. The maximum absolute atomic E-state index is 13.2. The number of nitrogens with one attached hydrogen (secondary N) is 1. The van der Waals surface area contributed by atoms with E-state index in [4.69, 9.17) is 16.7 Å². The topological polar surface area (TPSA) is 91.1 Å². The second-order valence-corrected chi connectivity index (χ2v) is 5.62. The summed E-state index contributed by atoms with van der Waals surface area (Å²) < 4.78 is 13.2. The van der Waals surface area contributed by atoms with E-state index in [-0.39, 0.29) is 16.6 Å². The largest absolute Gasteiger partial charge is 0.481 e. The maximum atomic E-state index is 13.2. The minimum atomic E-state index is -1.07. The predicted molar refractivity (Wildman–Crippen MR) is 78.2 cm³/mol. The molecule has 2 N–H and O–H groups in total. The van der Waals surface area contributed by atoms with Crippen molar-refractivity contribution in [1.82, 2.24) is 5.32 Å². The van der Waals surface area contributed by atoms with E-state index in [1.807, 2.05) is 0 Å². The summed E-state index contributed by atoms with van der Waals surface area (Å²) in [6.07, 6.45) is 1.01. The Morgan fingerprint density at radius 2 is 2.33 bits per heavy atom. The van der Waals surface area contributed by atoms with E-state index in [0.29, 0.717) is 5.56 Å². The van der Waals surface area contributed by atoms with Gasteiger partial charge in [0.1, 0.15) is 11.1 Å². The second kappa shape index (κ2) is 6.68. The number of benzene rings is 1. The third kappa shape index (κ3) is 4.27. The molecule has 0 bridgehead atoms. The van der Waals surface area contributed by atoms with Gasteiger partial charge in [-0.3, -0.25) is 9.59 Å². The lowest BCUT2D eigenvalue weighted by atomic mass is 10.2. The van der Waals surface area contributed by atoms with Gasteiger partial charge >= 0.3 is 5.97 Å². The summed E-state index contributed by atoms with van der Waals surface area (Å²) in [5.74, 6) is -2.06. The SMILES string of the molecule is O=C(O)CC1SC(=NN=Cc2ccc(Cl)c(F)c2)NC1=O. The zero-order valence-electron chi connectivity index (χ0n) is 10.4. The molecule has 0 saturated carbocycles. The van der Waals surface area contributed by atoms with Crippen molar-refractivity contribution in [2.24, 2.45) is 10.2 Å². The Balaban J connectivity index is 2.01. The fraction of sp³-hybridized carbons (Fsp3) is 0.167. The zero-order valence-corrected chi connectivity index (χ0v) is 12.0. The van der Waals surface area contributed by atoms with Crippen LogP contribution in [0.15, 0.2) is 28.4 Å². The van der Waals surface area contributed by atoms with Gasteiger partial charge in [-0.1, -0.05) is 29.4 Å². The van der Waals surface area contributed by atoms with Gasteiger partial charge in [-0.25, -0.2) is 4.39 Å². The molecule has 2 rings (SSSR count). The normalized spacial score (nSPS) is 20.2. The lowest BCUT2D eigenvalue weighted by Crippen LogP contribution is -2.26. The first-order chi connectivity index (χ1) is 9.95. The summed E-state index contributed by atoms with van der Waals surface area (Å²) in [5, 5.41) is 18.0. The molecule has 6 nitrogen and oxygen atoms in total. The molecule has 0 spiro atoms. The highest BCUT2D eigenvalue weighted by molar-refractivity contribution is 8.15. The summed E-state index contributed by atoms with van der Waals surface area (Å²) in [6, 6.07) is 4.14. The number of carboxylic acid groups (broad SMARTS) is 1. The minimum absolute atomic E-state index is 0.00795. The number of nitrogens with zero attached hydrogens (tertiary/aromatic N) is 2. The molecular weight excluding hydrogens is 321 g/mol. The van der Waals surface area contributed by atoms with Gasteiger partial charge in [0.05, 0.1) is 17.7 Å². The van der Waals surface area contributed by atoms with Gasteiger partial charge in [-0.2, -0.15) is 5.10 Å². The summed E-state index contributed by atoms with van der Waals surface area (Å²) in [7, 11) is 0. The quantitative estimate of drug-likeness (QED) is 0.651. The molecule has 21 heavy (non-hydrogen) atoms. The predicted octanol–water partition coefficient (Wildman–Crippen LogP) is 1.88. The van der Waals surface area contributed by atoms with Crippen LogP contribution in [0.4, 0.5) is 4.39 Å². The molecule has 1 unspecified atom stereocenters. The Labute approximate surface area is 128 Å². The summed E-state index contributed by atoms with van der Waals surface area (Å²) in [4.78, 5) is 22.0. The molecule has 1 saturated heterocycles. The number of carbonyl (C=O) groups excluding carboxylic acids is 1. The Hall–Kier alpha value is -1.93. The van der Waals surface area contributed by atoms with Gasteiger partial charge in [0.2, 0.25) is 5.91 Å². The summed E-state index contributed by atoms with van der Waals surface area (Å²) in [5.41, 5.74) is 0.456. The second-order valence-electron chi connectivity index (χ2n) is 4.02. The van der Waals surface area contributed by atoms with Crippen molar-refractivity contribution in [1.29, 1.82) is 0 Å². The number of aliphatic carboxylic acids is 1. The molecule has 1 atom stereocenters. The number of hydrogen-bond acceptors (Lipinski definition) is 5. The first kappa shape index (κ1) is 15.5. The van der Waals surface area contributed by atoms with E-state index in [1.165, 1.54) is 18.3 Å². The van der Waals surface area contributed by atoms with Gasteiger partial charge in [0.15, 0.2) is 5.17 Å². The molecule has 1 amide bonds. The highest BCUT2D eigenvalue weighted by atomic mass is 35.5. The smallest absolute Gasteiger partial charge is 0.305 e. The minimum Gasteiger partial charge on any atom is -0.481 e. The number of halogens is 2. The van der Waals surface area contributed by atoms with E-state index in [1.54, 1.807) is 6.07 Å². The number of thioether (sulfide) groups is 1. The van der Waals surface area contributed by atoms with E-state index >= 15 is 0 Å². The van der Waals surface area contributed by atoms with Crippen molar-refractivity contribution in [3.8, 4) is 0 Å². The average Bonchev–Trinajstić information content (AvgIpc) is 2.73. The van der Waals surface area contributed by atoms with Crippen LogP contribution in [-0.4, -0.2) is 33.6 Å². The van der Waals surface area contributed by atoms with Crippen molar-refractivity contribution in [3.63, 3.8) is 0 Å². The highest BCUT2D eigenvalue weighted by Gasteiger charge is 2.32. The number of carboxylic acids is 1. The van der Waals surface area contributed by atoms with Crippen LogP contribution in [0.3, 0.4) is 0 Å². The number of rotatable bonds is 4.